The van der Waals surface area contributed by atoms with Gasteiger partial charge in [0.25, 0.3) is 0 Å². The summed E-state index contributed by atoms with van der Waals surface area (Å²) in [5, 5.41) is 7.00. The maximum atomic E-state index is 3.50. The first-order valence-electron chi connectivity index (χ1n) is 8.78. The van der Waals surface area contributed by atoms with E-state index in [1.54, 1.807) is 32.5 Å². The molecule has 0 fully saturated rings. The molecule has 0 spiro atoms. The molecule has 189 valence electrons. The van der Waals surface area contributed by atoms with Crippen LogP contribution < -0.4 is 4.40 Å². The average molecular weight is 579 g/mol. The van der Waals surface area contributed by atoms with Crippen molar-refractivity contribution in [3.8, 4) is 0 Å². The predicted molar refractivity (Wildman–Crippen MR) is 155 cm³/mol. The van der Waals surface area contributed by atoms with Crippen molar-refractivity contribution in [2.45, 2.75) is 34.1 Å². The fraction of sp³-hybridized carbons (Fsp3) is 0.321. The second-order valence-electron chi connectivity index (χ2n) is 5.61. The summed E-state index contributed by atoms with van der Waals surface area (Å²) in [6, 6.07) is 10.8. The largest absolute Gasteiger partial charge is 0.668 e. The molecule has 0 aromatic heterocycles. The molecule has 1 aromatic carbocycles. The Balaban J connectivity index is -0.0000000482. The fourth-order valence-corrected chi connectivity index (χ4v) is 4.15. The Hall–Kier alpha value is -0.474. The van der Waals surface area contributed by atoms with Crippen LogP contribution in [0.15, 0.2) is 59.7 Å². The second-order valence-corrected chi connectivity index (χ2v) is 8.92. The van der Waals surface area contributed by atoms with Gasteiger partial charge in [-0.1, -0.05) is 0 Å². The Bertz CT molecular complexity index is 550. The number of nitrogens with zero attached hydrogens (tertiary/aromatic N) is 2. The summed E-state index contributed by atoms with van der Waals surface area (Å²) < 4.78 is 3.09. The van der Waals surface area contributed by atoms with E-state index in [4.69, 9.17) is 0 Å². The Morgan fingerprint density at radius 1 is 0.875 bits per heavy atom. The van der Waals surface area contributed by atoms with Crippen LogP contribution in [0.5, 0.6) is 0 Å². The van der Waals surface area contributed by atoms with Crippen LogP contribution >= 0.6 is 0 Å². The van der Waals surface area contributed by atoms with E-state index in [-0.39, 0.29) is 78.3 Å². The van der Waals surface area contributed by atoms with Gasteiger partial charge in [0.15, 0.2) is 0 Å². The summed E-state index contributed by atoms with van der Waals surface area (Å²) in [4.78, 5) is 0. The number of hydrogen-bond acceptors (Lipinski definition) is 0. The van der Waals surface area contributed by atoms with Gasteiger partial charge in [0.1, 0.15) is 0 Å². The van der Waals surface area contributed by atoms with Crippen LogP contribution in [-0.4, -0.2) is 47.5 Å². The van der Waals surface area contributed by atoms with Crippen LogP contribution in [0.25, 0.3) is 10.6 Å². The predicted octanol–water partition coefficient (Wildman–Crippen LogP) is 7.56. The van der Waals surface area contributed by atoms with Crippen LogP contribution in [0.1, 0.15) is 34.1 Å². The first-order chi connectivity index (χ1) is 12.5. The van der Waals surface area contributed by atoms with Gasteiger partial charge in [0, 0.05) is 26.2 Å². The summed E-state index contributed by atoms with van der Waals surface area (Å²) in [6.07, 6.45) is 12.2. The van der Waals surface area contributed by atoms with Crippen LogP contribution in [0.4, 0.5) is 0 Å². The molecule has 4 heteroatoms. The van der Waals surface area contributed by atoms with E-state index in [0.717, 1.165) is 6.42 Å². The standard InChI is InChI=1S/C14H18Ge.C5H5.2C2H6N.5CH3.Zr/c1-5-11(2)12(3)13(4)15-14-9-7-6-8-10-14;1-2-4-5-3-1;2*1-3-2;;;;;;/h5-10H,1-4H3;1-3H,4H2;2*1-2H3;5*1H3;/q9*-1;. The molecule has 1 radical (unpaired) electrons. The minimum atomic E-state index is -0.118. The molecule has 0 heterocycles. The first kappa shape index (κ1) is 53.1. The third-order valence-electron chi connectivity index (χ3n) is 3.28. The van der Waals surface area contributed by atoms with Crippen molar-refractivity contribution in [2.24, 2.45) is 0 Å². The van der Waals surface area contributed by atoms with Gasteiger partial charge in [-0.2, -0.15) is 34.3 Å². The second kappa shape index (κ2) is 40.8. The normalized spacial score (nSPS) is 10.2. The van der Waals surface area contributed by atoms with Gasteiger partial charge in [-0.05, 0) is 0 Å². The summed E-state index contributed by atoms with van der Waals surface area (Å²) >= 11 is -0.118. The summed E-state index contributed by atoms with van der Waals surface area (Å²) in [5.74, 6) is 0. The number of allylic oxidation sites excluding steroid dienone is 6. The van der Waals surface area contributed by atoms with Crippen molar-refractivity contribution in [3.05, 3.63) is 120 Å². The van der Waals surface area contributed by atoms with Crippen molar-refractivity contribution in [2.75, 3.05) is 28.2 Å². The monoisotopic (exact) mass is 578 g/mol. The van der Waals surface area contributed by atoms with Crippen LogP contribution in [0.3, 0.4) is 0 Å². The summed E-state index contributed by atoms with van der Waals surface area (Å²) in [6.45, 7) is 8.80. The van der Waals surface area contributed by atoms with E-state index >= 15 is 0 Å². The molecule has 0 saturated carbocycles. The molecule has 2 nitrogen and oxygen atoms in total. The zero-order chi connectivity index (χ0) is 20.2. The summed E-state index contributed by atoms with van der Waals surface area (Å²) in [5.41, 5.74) is 2.88. The van der Waals surface area contributed by atoms with E-state index in [2.05, 4.69) is 87.2 Å². The molecule has 0 atom stereocenters. The fourth-order valence-electron chi connectivity index (χ4n) is 1.68. The van der Waals surface area contributed by atoms with Gasteiger partial charge < -0.3 is 47.8 Å². The van der Waals surface area contributed by atoms with Crippen molar-refractivity contribution in [1.29, 1.82) is 0 Å². The third kappa shape index (κ3) is 34.1. The topological polar surface area (TPSA) is 28.2 Å². The van der Waals surface area contributed by atoms with E-state index in [0.29, 0.717) is 0 Å². The van der Waals surface area contributed by atoms with Crippen LogP contribution in [0, 0.1) is 49.6 Å². The number of benzene rings is 1. The molecule has 0 aliphatic heterocycles. The minimum Gasteiger partial charge on any atom is -0.668 e. The van der Waals surface area contributed by atoms with E-state index < -0.39 is 0 Å². The van der Waals surface area contributed by atoms with Crippen LogP contribution in [-0.2, 0) is 26.2 Å². The van der Waals surface area contributed by atoms with Crippen LogP contribution in [0.2, 0.25) is 0 Å². The molecule has 32 heavy (non-hydrogen) atoms. The molecule has 0 unspecified atom stereocenters. The van der Waals surface area contributed by atoms with Gasteiger partial charge in [-0.15, -0.1) is 6.42 Å². The molecule has 0 bridgehead atoms. The average Bonchev–Trinajstić information content (AvgIpc) is 3.22. The zero-order valence-corrected chi connectivity index (χ0v) is 27.9. The molecule has 1 aliphatic carbocycles. The maximum absolute atomic E-state index is 3.50. The smallest absolute Gasteiger partial charge is 0 e. The van der Waals surface area contributed by atoms with Crippen molar-refractivity contribution in [1.82, 2.24) is 0 Å². The quantitative estimate of drug-likeness (QED) is 0.262. The Labute approximate surface area is 231 Å². The van der Waals surface area contributed by atoms with Gasteiger partial charge >= 0.3 is 99.3 Å². The molecule has 0 amide bonds. The first-order valence-corrected chi connectivity index (χ1v) is 10.9. The minimum absolute atomic E-state index is 0. The maximum Gasteiger partial charge on any atom is 0 e. The SMILES string of the molecule is C[CH-]C(C)=C(C)[C](C)=[Ge][c]1ccccc1.C[N-]C.C[N-]C.[C-]1=CC=CC1.[CH3-].[CH3-].[CH3-].[CH3-].[CH3-].[Zr]. The molecule has 0 saturated heterocycles. The molecule has 0 N–H and O–H groups in total. The third-order valence-corrected chi connectivity index (χ3v) is 6.16. The molecular weight excluding hydrogens is 528 g/mol. The van der Waals surface area contributed by atoms with E-state index in [1.165, 1.54) is 15.5 Å². The molecular formula is C28H50GeN2Zr-9. The number of rotatable bonds is 3. The van der Waals surface area contributed by atoms with Gasteiger partial charge in [0.2, 0.25) is 0 Å². The number of hydrogen-bond donors (Lipinski definition) is 0. The molecule has 1 aliphatic rings. The molecule has 2 rings (SSSR count). The van der Waals surface area contributed by atoms with Gasteiger partial charge in [-0.25, -0.2) is 12.2 Å². The molecule has 1 aromatic rings. The van der Waals surface area contributed by atoms with Crippen molar-refractivity contribution < 1.29 is 26.2 Å². The van der Waals surface area contributed by atoms with Crippen molar-refractivity contribution >= 4 is 23.7 Å². The zero-order valence-electron chi connectivity index (χ0n) is 23.3. The Morgan fingerprint density at radius 3 is 1.59 bits per heavy atom. The Morgan fingerprint density at radius 2 is 1.31 bits per heavy atom. The van der Waals surface area contributed by atoms with E-state index in [9.17, 15) is 0 Å². The Kier molecular flexibility index (Phi) is 67.7. The van der Waals surface area contributed by atoms with Gasteiger partial charge in [-0.3, -0.25) is 6.08 Å². The van der Waals surface area contributed by atoms with E-state index in [1.807, 2.05) is 12.2 Å². The summed E-state index contributed by atoms with van der Waals surface area (Å²) in [7, 11) is 7.00. The van der Waals surface area contributed by atoms with Crippen molar-refractivity contribution in [3.63, 3.8) is 0 Å². The van der Waals surface area contributed by atoms with Gasteiger partial charge in [0.05, 0.1) is 0 Å².